The van der Waals surface area contributed by atoms with Crippen LogP contribution in [0.25, 0.3) is 132 Å². The molecule has 0 radical (unpaired) electrons. The molecule has 0 unspecified atom stereocenters. The number of rotatable bonds is 0. The van der Waals surface area contributed by atoms with Crippen LogP contribution in [-0.2, 0) is 26.2 Å². The van der Waals surface area contributed by atoms with Crippen molar-refractivity contribution in [3.05, 3.63) is 331 Å². The summed E-state index contributed by atoms with van der Waals surface area (Å²) in [6.45, 7) is 3.08. The lowest BCUT2D eigenvalue weighted by Gasteiger charge is -2.12. The summed E-state index contributed by atoms with van der Waals surface area (Å²) in [5.74, 6) is 2.76. The van der Waals surface area contributed by atoms with Gasteiger partial charge in [-0.2, -0.15) is 0 Å². The van der Waals surface area contributed by atoms with Crippen LogP contribution >= 0.6 is 0 Å². The molecule has 0 saturated heterocycles. The van der Waals surface area contributed by atoms with Crippen LogP contribution in [0.3, 0.4) is 0 Å². The van der Waals surface area contributed by atoms with Crippen LogP contribution in [0.1, 0.15) is 47.9 Å². The molecule has 4 aliphatic rings. The Kier molecular flexibility index (Phi) is 17.8. The lowest BCUT2D eigenvalue weighted by atomic mass is 10.2. The largest absolute Gasteiger partial charge is 0.494 e. The van der Waals surface area contributed by atoms with E-state index in [4.69, 9.17) is 38.9 Å². The van der Waals surface area contributed by atoms with Crippen LogP contribution in [0.4, 0.5) is 0 Å². The third-order valence-corrected chi connectivity index (χ3v) is 20.9. The summed E-state index contributed by atoms with van der Waals surface area (Å²) in [4.78, 5) is 94.8. The molecule has 10 heterocycles. The molecule has 548 valence electrons. The topological polar surface area (TPSA) is 240 Å². The highest BCUT2D eigenvalue weighted by Crippen LogP contribution is 2.33. The number of aromatic nitrogens is 12. The lowest BCUT2D eigenvalue weighted by molar-refractivity contribution is 0.266. The normalized spacial score (nSPS) is 13.4. The Morgan fingerprint density at radius 2 is 0.455 bits per heavy atom. The van der Waals surface area contributed by atoms with Crippen molar-refractivity contribution < 1.29 is 18.9 Å². The molecule has 0 fully saturated rings. The van der Waals surface area contributed by atoms with E-state index in [9.17, 15) is 0 Å². The van der Waals surface area contributed by atoms with E-state index in [-0.39, 0.29) is 22.2 Å². The molecule has 0 amide bonds. The fourth-order valence-corrected chi connectivity index (χ4v) is 15.5. The molecule has 12 aromatic carbocycles. The summed E-state index contributed by atoms with van der Waals surface area (Å²) in [5, 5.41) is 4.07. The Morgan fingerprint density at radius 1 is 0.241 bits per heavy atom. The minimum atomic E-state index is -0.353. The number of H-pyrrole nitrogens is 4. The van der Waals surface area contributed by atoms with Crippen LogP contribution in [0.2, 0.25) is 0 Å². The smallest absolute Gasteiger partial charge is 0.257 e. The third kappa shape index (κ3) is 13.1. The first kappa shape index (κ1) is 68.2. The van der Waals surface area contributed by atoms with Gasteiger partial charge in [-0.1, -0.05) is 121 Å². The van der Waals surface area contributed by atoms with Crippen LogP contribution in [0.15, 0.2) is 286 Å². The molecule has 0 atom stereocenters. The van der Waals surface area contributed by atoms with Crippen molar-refractivity contribution in [2.75, 3.05) is 26.4 Å². The highest BCUT2D eigenvalue weighted by Gasteiger charge is 2.21. The zero-order valence-electron chi connectivity index (χ0n) is 60.7. The van der Waals surface area contributed by atoms with E-state index < -0.39 is 0 Å². The first-order valence-corrected chi connectivity index (χ1v) is 37.6. The summed E-state index contributed by atoms with van der Waals surface area (Å²) in [7, 11) is 0. The van der Waals surface area contributed by atoms with Crippen molar-refractivity contribution in [1.82, 2.24) is 58.1 Å². The number of aromatic amines is 4. The standard InChI is InChI=1S/C92H72N12O8/c105-89-70-34-18-42-78-82(70)98-86-66-30-2-6-38-74(66)94-90(106)69-33-17-41-77-81(69)97-85(65-29-1-5-37-73(65)93-89)101(77)53-57-21-13-25-61(49-57)109-45-9-10-46-110-63-27-15-23-59(51-63)55-103-79-43-19-35-71-83(79)99-87(103)67-31-3-7-39-75(67)95-92(108)72-36-20-44-80-84(72)100-88(68-32-4-8-40-76(68)96-91(71)107)104(80)56-60-24-16-28-64(52-60)112-48-12-11-47-111-62-26-14-22-58(50-62)54-102(78)86/h1-8,13-44,49-52H,9-12,45-48,53-56H2,(H,93,105)(H,94,106)(H,95,108)(H,96,107). The molecular weight excluding hydrogens is 1400 g/mol. The summed E-state index contributed by atoms with van der Waals surface area (Å²) < 4.78 is 34.2. The average molecular weight is 1470 g/mol. The Labute approximate surface area is 637 Å². The van der Waals surface area contributed by atoms with Gasteiger partial charge in [0.15, 0.2) is 0 Å². The van der Waals surface area contributed by atoms with Gasteiger partial charge in [-0.3, -0.25) is 19.2 Å². The molecule has 6 aromatic heterocycles. The Balaban J connectivity index is 0.714. The van der Waals surface area contributed by atoms with E-state index in [1.165, 1.54) is 0 Å². The van der Waals surface area contributed by atoms with E-state index in [1.807, 2.05) is 243 Å². The molecule has 4 N–H and O–H groups in total. The molecule has 0 aliphatic carbocycles. The second-order valence-corrected chi connectivity index (χ2v) is 28.2. The predicted octanol–water partition coefficient (Wildman–Crippen LogP) is 17.4. The Hall–Kier alpha value is -14.4. The van der Waals surface area contributed by atoms with Crippen molar-refractivity contribution in [1.29, 1.82) is 0 Å². The molecule has 20 heteroatoms. The highest BCUT2D eigenvalue weighted by molar-refractivity contribution is 6.05. The predicted molar refractivity (Wildman–Crippen MR) is 444 cm³/mol. The molecule has 4 aliphatic heterocycles. The minimum Gasteiger partial charge on any atom is -0.494 e. The average Bonchev–Trinajstić information content (AvgIpc) is 1.61. The quantitative estimate of drug-likeness (QED) is 0.111. The van der Waals surface area contributed by atoms with E-state index in [0.29, 0.717) is 233 Å². The second-order valence-electron chi connectivity index (χ2n) is 28.2. The van der Waals surface area contributed by atoms with Crippen molar-refractivity contribution in [3.8, 4) is 23.0 Å². The number of imidazole rings is 4. The van der Waals surface area contributed by atoms with E-state index >= 15 is 19.2 Å². The number of hydrogen-bond donors (Lipinski definition) is 4. The van der Waals surface area contributed by atoms with Crippen molar-refractivity contribution in [3.63, 3.8) is 0 Å². The molecule has 20 nitrogen and oxygen atoms in total. The van der Waals surface area contributed by atoms with Crippen molar-refractivity contribution in [2.24, 2.45) is 0 Å². The van der Waals surface area contributed by atoms with E-state index in [0.717, 1.165) is 22.3 Å². The molecule has 28 bridgehead atoms. The van der Waals surface area contributed by atoms with Gasteiger partial charge in [0.2, 0.25) is 0 Å². The van der Waals surface area contributed by atoms with Gasteiger partial charge in [-0.15, -0.1) is 0 Å². The van der Waals surface area contributed by atoms with Gasteiger partial charge in [0.25, 0.3) is 22.2 Å². The maximum atomic E-state index is 15.1. The van der Waals surface area contributed by atoms with Crippen molar-refractivity contribution >= 4 is 132 Å². The van der Waals surface area contributed by atoms with Crippen LogP contribution in [-0.4, -0.2) is 84.6 Å². The number of ether oxygens (including phenoxy) is 4. The first-order chi connectivity index (χ1) is 55.1. The molecular formula is C92H72N12O8. The zero-order chi connectivity index (χ0) is 75.2. The van der Waals surface area contributed by atoms with E-state index in [1.54, 1.807) is 24.3 Å². The van der Waals surface area contributed by atoms with Gasteiger partial charge < -0.3 is 57.2 Å². The maximum absolute atomic E-state index is 15.1. The molecule has 18 aromatic rings. The maximum Gasteiger partial charge on any atom is 0.257 e. The van der Waals surface area contributed by atoms with Crippen LogP contribution < -0.4 is 41.2 Å². The van der Waals surface area contributed by atoms with Crippen molar-refractivity contribution in [2.45, 2.75) is 51.9 Å². The van der Waals surface area contributed by atoms with Gasteiger partial charge in [0.05, 0.1) is 92.1 Å². The number of nitrogens with zero attached hydrogens (tertiary/aromatic N) is 8. The SMILES string of the molecule is O=c1[nH]c2ccccc2c2nc3c4cccc3n2Cc2cccc(c2)OCCCCOc2cccc(c2)Cn2c3cccc5c(=O)[nH]c6ccccc6c6nc7c(cccc7n6Cc6cccc(c6)OCCCCOc6cccc(c6)Cn6c7cccc1c7nc6c1ccccc1[nH]c4=O)c(=O)[nH]c1ccccc1c2nc53. The number of para-hydroxylation sites is 8. The van der Waals surface area contributed by atoms with Gasteiger partial charge >= 0.3 is 0 Å². The molecule has 0 saturated carbocycles. The Bertz CT molecular complexity index is 6460. The number of nitrogens with one attached hydrogen (secondary N) is 4. The van der Waals surface area contributed by atoms with Gasteiger partial charge in [-0.05, 0) is 194 Å². The summed E-state index contributed by atoms with van der Waals surface area (Å²) >= 11 is 0. The number of hydrogen-bond acceptors (Lipinski definition) is 12. The second kappa shape index (κ2) is 29.3. The minimum absolute atomic E-state index is 0.342. The Morgan fingerprint density at radius 3 is 0.696 bits per heavy atom. The van der Waals surface area contributed by atoms with Crippen LogP contribution in [0.5, 0.6) is 23.0 Å². The summed E-state index contributed by atoms with van der Waals surface area (Å²) in [6, 6.07) is 84.8. The molecule has 112 heavy (non-hydrogen) atoms. The van der Waals surface area contributed by atoms with E-state index in [2.05, 4.69) is 38.2 Å². The fourth-order valence-electron chi connectivity index (χ4n) is 15.5. The van der Waals surface area contributed by atoms with Gasteiger partial charge in [0.1, 0.15) is 67.7 Å². The summed E-state index contributed by atoms with van der Waals surface area (Å²) in [6.07, 6.45) is 2.80. The lowest BCUT2D eigenvalue weighted by Crippen LogP contribution is -2.06. The zero-order valence-corrected chi connectivity index (χ0v) is 60.7. The first-order valence-electron chi connectivity index (χ1n) is 37.6. The molecule has 22 rings (SSSR count). The highest BCUT2D eigenvalue weighted by atomic mass is 16.5. The van der Waals surface area contributed by atoms with Gasteiger partial charge in [-0.25, -0.2) is 19.9 Å². The van der Waals surface area contributed by atoms with Gasteiger partial charge in [0, 0.05) is 47.7 Å². The number of benzene rings is 12. The monoisotopic (exact) mass is 1470 g/mol. The third-order valence-electron chi connectivity index (χ3n) is 20.9. The fraction of sp³-hybridized carbons (Fsp3) is 0.130. The van der Waals surface area contributed by atoms with Crippen LogP contribution in [0, 0.1) is 0 Å². The summed E-state index contributed by atoms with van der Waals surface area (Å²) in [5.41, 5.74) is 11.4. The molecule has 0 spiro atoms.